The van der Waals surface area contributed by atoms with Gasteiger partial charge in [-0.3, -0.25) is 4.79 Å². The lowest BCUT2D eigenvalue weighted by Crippen LogP contribution is -2.53. The summed E-state index contributed by atoms with van der Waals surface area (Å²) in [6.45, 7) is 0. The summed E-state index contributed by atoms with van der Waals surface area (Å²) in [4.78, 5) is 10.7. The number of hydrogen-bond acceptors (Lipinski definition) is 1. The normalized spacial score (nSPS) is 32.1. The lowest BCUT2D eigenvalue weighted by molar-refractivity contribution is -0.123. The highest BCUT2D eigenvalue weighted by molar-refractivity contribution is 6.36. The summed E-state index contributed by atoms with van der Waals surface area (Å²) in [6, 6.07) is 12.5. The van der Waals surface area contributed by atoms with Gasteiger partial charge in [-0.15, -0.1) is 11.6 Å². The van der Waals surface area contributed by atoms with Crippen molar-refractivity contribution in [3.63, 3.8) is 0 Å². The lowest BCUT2D eigenvalue weighted by Gasteiger charge is -2.46. The first-order chi connectivity index (χ1) is 8.63. The molecule has 90 valence electrons. The highest BCUT2D eigenvalue weighted by Crippen LogP contribution is 2.65. The topological polar surface area (TPSA) is 43.1 Å². The average Bonchev–Trinajstić information content (AvgIpc) is 2.60. The van der Waals surface area contributed by atoms with Crippen LogP contribution in [0, 0.1) is 0 Å². The number of amides is 1. The van der Waals surface area contributed by atoms with E-state index in [1.165, 1.54) is 21.9 Å². The van der Waals surface area contributed by atoms with Gasteiger partial charge in [0.15, 0.2) is 0 Å². The maximum absolute atomic E-state index is 11.6. The van der Waals surface area contributed by atoms with Crippen molar-refractivity contribution in [2.45, 2.75) is 23.1 Å². The zero-order valence-electron chi connectivity index (χ0n) is 9.69. The van der Waals surface area contributed by atoms with Crippen LogP contribution in [0.2, 0.25) is 0 Å². The van der Waals surface area contributed by atoms with E-state index >= 15 is 0 Å². The van der Waals surface area contributed by atoms with Crippen molar-refractivity contribution in [2.24, 2.45) is 5.73 Å². The van der Waals surface area contributed by atoms with Crippen LogP contribution < -0.4 is 5.73 Å². The Labute approximate surface area is 110 Å². The van der Waals surface area contributed by atoms with E-state index < -0.39 is 10.8 Å². The third-order valence-corrected chi connectivity index (χ3v) is 5.10. The van der Waals surface area contributed by atoms with Crippen molar-refractivity contribution in [3.8, 4) is 0 Å². The Morgan fingerprint density at radius 3 is 2.56 bits per heavy atom. The molecule has 2 aromatic rings. The first kappa shape index (κ1) is 10.4. The van der Waals surface area contributed by atoms with Crippen molar-refractivity contribution in [1.29, 1.82) is 0 Å². The third-order valence-electron chi connectivity index (χ3n) is 4.53. The number of alkyl halides is 1. The fraction of sp³-hybridized carbons (Fsp3) is 0.267. The Morgan fingerprint density at radius 1 is 1.22 bits per heavy atom. The van der Waals surface area contributed by atoms with Crippen LogP contribution in [0.4, 0.5) is 0 Å². The molecule has 2 N–H and O–H groups in total. The van der Waals surface area contributed by atoms with Gasteiger partial charge in [0.05, 0.1) is 0 Å². The van der Waals surface area contributed by atoms with E-state index in [0.29, 0.717) is 12.3 Å². The van der Waals surface area contributed by atoms with E-state index in [1.807, 2.05) is 6.07 Å². The molecule has 1 fully saturated rings. The second kappa shape index (κ2) is 3.07. The number of fused-ring (bicyclic) bond motifs is 3. The zero-order valence-corrected chi connectivity index (χ0v) is 10.4. The predicted octanol–water partition coefficient (Wildman–Crippen LogP) is 2.89. The highest BCUT2D eigenvalue weighted by Gasteiger charge is 2.60. The molecule has 2 aromatic carbocycles. The number of rotatable bonds is 1. The summed E-state index contributed by atoms with van der Waals surface area (Å²) in [6.07, 6.45) is 0.655. The molecule has 2 aliphatic rings. The second-order valence-corrected chi connectivity index (χ2v) is 5.98. The van der Waals surface area contributed by atoms with Gasteiger partial charge in [-0.25, -0.2) is 0 Å². The van der Waals surface area contributed by atoms with Gasteiger partial charge in [-0.05, 0) is 34.2 Å². The van der Waals surface area contributed by atoms with Gasteiger partial charge in [0.1, 0.15) is 4.87 Å². The van der Waals surface area contributed by atoms with Crippen LogP contribution in [0.1, 0.15) is 29.4 Å². The molecular formula is C15H12ClNO. The summed E-state index contributed by atoms with van der Waals surface area (Å²) in [7, 11) is 0. The molecule has 1 amide bonds. The fourth-order valence-corrected chi connectivity index (χ4v) is 4.13. The van der Waals surface area contributed by atoms with Crippen molar-refractivity contribution < 1.29 is 4.79 Å². The molecule has 0 heterocycles. The Hall–Kier alpha value is -1.54. The van der Waals surface area contributed by atoms with Gasteiger partial charge >= 0.3 is 0 Å². The van der Waals surface area contributed by atoms with Crippen LogP contribution in [-0.4, -0.2) is 10.8 Å². The molecule has 0 radical (unpaired) electrons. The number of hydrogen-bond donors (Lipinski definition) is 1. The molecule has 3 heteroatoms. The lowest BCUT2D eigenvalue weighted by atomic mass is 9.62. The summed E-state index contributed by atoms with van der Waals surface area (Å²) >= 11 is 6.44. The van der Waals surface area contributed by atoms with Crippen molar-refractivity contribution in [2.75, 3.05) is 0 Å². The van der Waals surface area contributed by atoms with Gasteiger partial charge in [-0.2, -0.15) is 0 Å². The Kier molecular flexibility index (Phi) is 1.77. The van der Waals surface area contributed by atoms with Gasteiger partial charge in [0.25, 0.3) is 0 Å². The fourth-order valence-electron chi connectivity index (χ4n) is 3.70. The van der Waals surface area contributed by atoms with Gasteiger partial charge in [0, 0.05) is 5.92 Å². The Bertz CT molecular complexity index is 691. The average molecular weight is 258 g/mol. The van der Waals surface area contributed by atoms with Gasteiger partial charge in [0.2, 0.25) is 5.91 Å². The smallest absolute Gasteiger partial charge is 0.239 e. The number of carbonyl (C=O) groups excluding carboxylic acids is 1. The van der Waals surface area contributed by atoms with E-state index in [9.17, 15) is 4.79 Å². The molecule has 4 rings (SSSR count). The van der Waals surface area contributed by atoms with Gasteiger partial charge < -0.3 is 5.73 Å². The monoisotopic (exact) mass is 257 g/mol. The molecule has 2 aliphatic carbocycles. The standard InChI is InChI=1S/C15H12ClNO/c16-15(14(17)18)7-11-9-5-1-3-8-4-2-6-10(12(8)9)13(11)15/h1-6,11,13H,7H2,(H2,17,18)/t11-,13+,15-/m0/s1. The molecule has 18 heavy (non-hydrogen) atoms. The quantitative estimate of drug-likeness (QED) is 0.785. The van der Waals surface area contributed by atoms with Crippen LogP contribution in [-0.2, 0) is 4.79 Å². The Morgan fingerprint density at radius 2 is 1.89 bits per heavy atom. The summed E-state index contributed by atoms with van der Waals surface area (Å²) in [5.41, 5.74) is 7.99. The highest BCUT2D eigenvalue weighted by atomic mass is 35.5. The first-order valence-electron chi connectivity index (χ1n) is 6.13. The molecule has 0 aromatic heterocycles. The molecule has 0 aliphatic heterocycles. The minimum Gasteiger partial charge on any atom is -0.368 e. The maximum Gasteiger partial charge on any atom is 0.239 e. The van der Waals surface area contributed by atoms with Crippen LogP contribution in [0.5, 0.6) is 0 Å². The number of carbonyl (C=O) groups is 1. The first-order valence-corrected chi connectivity index (χ1v) is 6.51. The van der Waals surface area contributed by atoms with Crippen LogP contribution in [0.15, 0.2) is 36.4 Å². The van der Waals surface area contributed by atoms with E-state index in [-0.39, 0.29) is 5.92 Å². The number of halogens is 1. The molecule has 0 bridgehead atoms. The number of primary amides is 1. The molecule has 0 spiro atoms. The van der Waals surface area contributed by atoms with E-state index in [1.54, 1.807) is 0 Å². The van der Waals surface area contributed by atoms with Crippen LogP contribution in [0.3, 0.4) is 0 Å². The van der Waals surface area contributed by atoms with Crippen molar-refractivity contribution >= 4 is 28.3 Å². The van der Waals surface area contributed by atoms with Crippen LogP contribution >= 0.6 is 11.6 Å². The SMILES string of the molecule is NC(=O)[C@]1(Cl)C[C@H]2c3cccc4cccc(c34)[C@H]21. The predicted molar refractivity (Wildman–Crippen MR) is 71.8 cm³/mol. The molecule has 0 saturated heterocycles. The Balaban J connectivity index is 2.01. The van der Waals surface area contributed by atoms with Crippen LogP contribution in [0.25, 0.3) is 10.8 Å². The maximum atomic E-state index is 11.6. The summed E-state index contributed by atoms with van der Waals surface area (Å²) in [5, 5.41) is 2.50. The molecular weight excluding hydrogens is 246 g/mol. The molecule has 2 nitrogen and oxygen atoms in total. The minimum atomic E-state index is -0.891. The molecule has 0 unspecified atom stereocenters. The largest absolute Gasteiger partial charge is 0.368 e. The summed E-state index contributed by atoms with van der Waals surface area (Å²) < 4.78 is 0. The van der Waals surface area contributed by atoms with E-state index in [4.69, 9.17) is 17.3 Å². The second-order valence-electron chi connectivity index (χ2n) is 5.31. The number of nitrogens with two attached hydrogens (primary N) is 1. The van der Waals surface area contributed by atoms with Crippen molar-refractivity contribution in [3.05, 3.63) is 47.5 Å². The minimum absolute atomic E-state index is 0.0535. The zero-order chi connectivity index (χ0) is 12.5. The van der Waals surface area contributed by atoms with E-state index in [0.717, 1.165) is 0 Å². The third kappa shape index (κ3) is 0.989. The molecule has 3 atom stereocenters. The number of benzene rings is 2. The van der Waals surface area contributed by atoms with Gasteiger partial charge in [-0.1, -0.05) is 36.4 Å². The van der Waals surface area contributed by atoms with Crippen molar-refractivity contribution in [1.82, 2.24) is 0 Å². The summed E-state index contributed by atoms with van der Waals surface area (Å²) in [5.74, 6) is 0.0177. The molecule has 1 saturated carbocycles. The van der Waals surface area contributed by atoms with E-state index in [2.05, 4.69) is 30.3 Å².